The zero-order chi connectivity index (χ0) is 44.1. The van der Waals surface area contributed by atoms with E-state index in [4.69, 9.17) is 0 Å². The Morgan fingerprint density at radius 3 is 2.05 bits per heavy atom. The number of allylic oxidation sites excluding steroid dienone is 1. The molecule has 7 aromatic heterocycles. The Balaban J connectivity index is 0.000000103. The molecule has 0 saturated heterocycles. The number of nitrogens with zero attached hydrogens (tertiary/aromatic N) is 8. The lowest BCUT2D eigenvalue weighted by Crippen LogP contribution is -2.29. The van der Waals surface area contributed by atoms with E-state index < -0.39 is 0 Å². The van der Waals surface area contributed by atoms with Crippen molar-refractivity contribution in [2.75, 3.05) is 0 Å². The van der Waals surface area contributed by atoms with Crippen LogP contribution in [0.15, 0.2) is 228 Å². The fraction of sp³-hybridized carbons (Fsp3) is 0.0566. The molecule has 0 fully saturated rings. The molecule has 3 aliphatic rings. The second-order valence-corrected chi connectivity index (χ2v) is 14.5. The molecule has 0 spiro atoms. The van der Waals surface area contributed by atoms with Gasteiger partial charge in [0.2, 0.25) is 0 Å². The molecule has 10 heterocycles. The maximum absolute atomic E-state index is 4.18. The molecule has 11 aromatic rings. The van der Waals surface area contributed by atoms with Gasteiger partial charge in [0.25, 0.3) is 0 Å². The molecule has 14 rings (SSSR count). The third kappa shape index (κ3) is 12.4. The van der Waals surface area contributed by atoms with Crippen molar-refractivity contribution in [2.24, 2.45) is 15.1 Å². The van der Waals surface area contributed by atoms with Gasteiger partial charge < -0.3 is 15.4 Å². The standard InChI is InChI=1S/2C9H7N.C8H7N.3C7H6N2.C6H7N3/c1-2-6-9-8(4-1)5-3-7-10-9;1-2-4-9-7-10-6-5-8(9)3-1;1-2-4-8-7(3-1)5-6-9-8;1-2-6-7(8-4-1)3-5-9-6;1-2-6-3-5-9-7(6)8-4-1;1-2-4-7-6(3-1)5-8-9-7;1-2-5-6(7-3-1)4-8-9-5/h2*1-7H;1-4,6H,5H2;1-5,9H;2*1-5H,(H,8,9);1-6,9H. The summed E-state index contributed by atoms with van der Waals surface area (Å²) in [5.41, 5.74) is 10.6. The largest absolute Gasteiger partial charge is 0.360 e. The minimum atomic E-state index is 0.245. The number of aliphatic imine (C=N–C) groups is 2. The normalized spacial score (nSPS) is 14.3. The predicted molar refractivity (Wildman–Crippen MR) is 267 cm³/mol. The Hall–Kier alpha value is -8.90. The topological polar surface area (TPSA) is 161 Å². The van der Waals surface area contributed by atoms with Crippen LogP contribution in [0.2, 0.25) is 0 Å². The summed E-state index contributed by atoms with van der Waals surface area (Å²) in [6, 6.07) is 50.9. The van der Waals surface area contributed by atoms with Gasteiger partial charge in [0.15, 0.2) is 0 Å². The second-order valence-electron chi connectivity index (χ2n) is 14.5. The number of pyridine rings is 4. The molecule has 0 bridgehead atoms. The van der Waals surface area contributed by atoms with Gasteiger partial charge in [-0.1, -0.05) is 91.0 Å². The number of H-pyrrole nitrogens is 3. The number of benzene rings is 4. The van der Waals surface area contributed by atoms with Crippen molar-refractivity contribution >= 4 is 79.0 Å². The molecular weight excluding hydrogens is 805 g/mol. The zero-order valence-electron chi connectivity index (χ0n) is 35.4. The number of hydrogen-bond acceptors (Lipinski definition) is 9. The summed E-state index contributed by atoms with van der Waals surface area (Å²) in [6.45, 7) is 0. The van der Waals surface area contributed by atoms with Crippen molar-refractivity contribution in [3.8, 4) is 0 Å². The van der Waals surface area contributed by atoms with Crippen LogP contribution in [-0.4, -0.2) is 70.8 Å². The van der Waals surface area contributed by atoms with Crippen molar-refractivity contribution in [3.05, 3.63) is 219 Å². The van der Waals surface area contributed by atoms with Gasteiger partial charge in [-0.05, 0) is 89.1 Å². The Labute approximate surface area is 375 Å². The van der Waals surface area contributed by atoms with E-state index in [1.54, 1.807) is 18.6 Å². The zero-order valence-corrected chi connectivity index (χ0v) is 35.4. The second kappa shape index (κ2) is 22.8. The number of para-hydroxylation sites is 3. The van der Waals surface area contributed by atoms with E-state index in [2.05, 4.69) is 97.0 Å². The fourth-order valence-electron chi connectivity index (χ4n) is 6.72. The average molecular weight is 851 g/mol. The fourth-order valence-corrected chi connectivity index (χ4v) is 6.72. The highest BCUT2D eigenvalue weighted by Crippen LogP contribution is 2.22. The van der Waals surface area contributed by atoms with Crippen LogP contribution in [0.1, 0.15) is 5.56 Å². The van der Waals surface area contributed by atoms with Crippen molar-refractivity contribution in [3.63, 3.8) is 0 Å². The van der Waals surface area contributed by atoms with Crippen molar-refractivity contribution in [2.45, 2.75) is 18.5 Å². The molecule has 2 unspecified atom stereocenters. The van der Waals surface area contributed by atoms with Crippen LogP contribution in [-0.2, 0) is 6.42 Å². The van der Waals surface area contributed by atoms with Gasteiger partial charge in [-0.2, -0.15) is 10.2 Å². The van der Waals surface area contributed by atoms with E-state index >= 15 is 0 Å². The highest BCUT2D eigenvalue weighted by Gasteiger charge is 2.20. The van der Waals surface area contributed by atoms with E-state index in [9.17, 15) is 0 Å². The molecule has 0 amide bonds. The van der Waals surface area contributed by atoms with Gasteiger partial charge in [0.05, 0.1) is 46.2 Å². The maximum atomic E-state index is 4.18. The number of dihydropyridines is 1. The van der Waals surface area contributed by atoms with Gasteiger partial charge in [0.1, 0.15) is 11.7 Å². The number of fused-ring (bicyclic) bond motifs is 7. The predicted octanol–water partition coefficient (Wildman–Crippen LogP) is 11.1. The Morgan fingerprint density at radius 1 is 0.523 bits per heavy atom. The first kappa shape index (κ1) is 42.8. The van der Waals surface area contributed by atoms with E-state index in [0.717, 1.165) is 50.6 Å². The van der Waals surface area contributed by atoms with E-state index in [1.807, 2.05) is 177 Å². The molecule has 12 nitrogen and oxygen atoms in total. The lowest BCUT2D eigenvalue weighted by molar-refractivity contribution is 0.636. The quantitative estimate of drug-likeness (QED) is 0.119. The first-order valence-corrected chi connectivity index (χ1v) is 21.1. The number of aromatic nitrogens is 8. The Morgan fingerprint density at radius 2 is 1.23 bits per heavy atom. The number of aromatic amines is 3. The molecule has 4 aromatic carbocycles. The van der Waals surface area contributed by atoms with Crippen LogP contribution < -0.4 is 5.43 Å². The first-order chi connectivity index (χ1) is 32.3. The number of hydrazone groups is 1. The molecule has 3 aliphatic heterocycles. The van der Waals surface area contributed by atoms with Gasteiger partial charge in [-0.15, -0.1) is 0 Å². The summed E-state index contributed by atoms with van der Waals surface area (Å²) in [4.78, 5) is 30.8. The van der Waals surface area contributed by atoms with Crippen molar-refractivity contribution in [1.82, 2.24) is 45.5 Å². The van der Waals surface area contributed by atoms with Crippen LogP contribution in [0.25, 0.3) is 54.6 Å². The van der Waals surface area contributed by atoms with Gasteiger partial charge in [-0.25, -0.2) is 4.98 Å². The summed E-state index contributed by atoms with van der Waals surface area (Å²) in [7, 11) is 0. The molecule has 65 heavy (non-hydrogen) atoms. The lowest BCUT2D eigenvalue weighted by Gasteiger charge is -2.11. The van der Waals surface area contributed by atoms with E-state index in [0.29, 0.717) is 6.04 Å². The summed E-state index contributed by atoms with van der Waals surface area (Å²) >= 11 is 0. The highest BCUT2D eigenvalue weighted by atomic mass is 15.3. The summed E-state index contributed by atoms with van der Waals surface area (Å²) in [6.07, 6.45) is 25.2. The molecule has 2 atom stereocenters. The molecule has 4 N–H and O–H groups in total. The highest BCUT2D eigenvalue weighted by molar-refractivity contribution is 5.82. The summed E-state index contributed by atoms with van der Waals surface area (Å²) < 4.78 is 0. The number of hydrogen-bond donors (Lipinski definition) is 4. The number of rotatable bonds is 0. The molecule has 0 saturated carbocycles. The smallest absolute Gasteiger partial charge is 0.137 e. The molecule has 318 valence electrons. The average Bonchev–Trinajstić information content (AvgIpc) is 4.26. The maximum Gasteiger partial charge on any atom is 0.137 e. The lowest BCUT2D eigenvalue weighted by atomic mass is 10.1. The van der Waals surface area contributed by atoms with Crippen molar-refractivity contribution in [1.29, 1.82) is 0 Å². The summed E-state index contributed by atoms with van der Waals surface area (Å²) in [5, 5.41) is 16.6. The SMILES string of the molecule is C1=CC2NN=CC2N=C1.C1=Nc2ccccc2C1.c1ccc2[nH]ncc2c1.c1ccc2cnccc2c1.c1ccc2ncccc2c1.c1cnc2[nH]ccc2c1.c1cnc2cc[nH]c2c1. The molecule has 0 radical (unpaired) electrons. The Kier molecular flexibility index (Phi) is 15.0. The molecule has 12 heteroatoms. The monoisotopic (exact) mass is 850 g/mol. The van der Waals surface area contributed by atoms with Crippen LogP contribution in [0.5, 0.6) is 0 Å². The minimum absolute atomic E-state index is 0.245. The van der Waals surface area contributed by atoms with Gasteiger partial charge in [-0.3, -0.25) is 30.0 Å². The van der Waals surface area contributed by atoms with Crippen LogP contribution in [0.4, 0.5) is 5.69 Å². The first-order valence-electron chi connectivity index (χ1n) is 21.1. The van der Waals surface area contributed by atoms with Crippen LogP contribution in [0, 0.1) is 0 Å². The molecular formula is C53H46N12. The van der Waals surface area contributed by atoms with E-state index in [-0.39, 0.29) is 6.04 Å². The van der Waals surface area contributed by atoms with Crippen LogP contribution >= 0.6 is 0 Å². The van der Waals surface area contributed by atoms with Gasteiger partial charge >= 0.3 is 0 Å². The van der Waals surface area contributed by atoms with Crippen LogP contribution in [0.3, 0.4) is 0 Å². The third-order valence-electron chi connectivity index (χ3n) is 10.1. The third-order valence-corrected chi connectivity index (χ3v) is 10.1. The van der Waals surface area contributed by atoms with Gasteiger partial charge in [0, 0.05) is 78.4 Å². The summed E-state index contributed by atoms with van der Waals surface area (Å²) in [5.74, 6) is 0. The molecule has 0 aliphatic carbocycles. The van der Waals surface area contributed by atoms with Crippen molar-refractivity contribution < 1.29 is 0 Å². The number of nitrogens with one attached hydrogen (secondary N) is 4. The Bertz CT molecular complexity index is 2840. The minimum Gasteiger partial charge on any atom is -0.360 e. The van der Waals surface area contributed by atoms with E-state index in [1.165, 1.54) is 21.7 Å².